The molecular weight excluding hydrogens is 231 g/mol. The van der Waals surface area contributed by atoms with E-state index in [1.165, 1.54) is 6.07 Å². The number of carbonyl (C=O) groups is 1. The van der Waals surface area contributed by atoms with Crippen LogP contribution in [0, 0.1) is 19.7 Å². The van der Waals surface area contributed by atoms with E-state index in [9.17, 15) is 9.18 Å². The third kappa shape index (κ3) is 4.86. The molecule has 0 heterocycles. The van der Waals surface area contributed by atoms with Gasteiger partial charge >= 0.3 is 5.97 Å². The highest BCUT2D eigenvalue weighted by Crippen LogP contribution is 2.18. The summed E-state index contributed by atoms with van der Waals surface area (Å²) in [6, 6.07) is 2.86. The van der Waals surface area contributed by atoms with Crippen LogP contribution in [0.1, 0.15) is 56.1 Å². The number of aryl methyl sites for hydroxylation is 1. The second kappa shape index (κ2) is 6.53. The topological polar surface area (TPSA) is 26.3 Å². The van der Waals surface area contributed by atoms with Crippen molar-refractivity contribution in [1.29, 1.82) is 0 Å². The Kier molecular flexibility index (Phi) is 6.02. The average molecular weight is 254 g/mol. The first-order chi connectivity index (χ1) is 8.20. The number of esters is 1. The average Bonchev–Trinajstić information content (AvgIpc) is 2.25. The van der Waals surface area contributed by atoms with Crippen LogP contribution < -0.4 is 0 Å². The molecule has 0 atom stereocenters. The summed E-state index contributed by atoms with van der Waals surface area (Å²) in [5.41, 5.74) is 1.01. The predicted molar refractivity (Wildman–Crippen MR) is 72.4 cm³/mol. The van der Waals surface area contributed by atoms with Crippen molar-refractivity contribution in [2.45, 2.75) is 54.1 Å². The summed E-state index contributed by atoms with van der Waals surface area (Å²) in [4.78, 5) is 11.7. The van der Waals surface area contributed by atoms with Gasteiger partial charge in [0.2, 0.25) is 0 Å². The Labute approximate surface area is 109 Å². The molecule has 3 heteroatoms. The zero-order chi connectivity index (χ0) is 14.5. The molecule has 1 aromatic carbocycles. The van der Waals surface area contributed by atoms with E-state index in [4.69, 9.17) is 4.74 Å². The minimum absolute atomic E-state index is 0.260. The molecule has 0 saturated carbocycles. The smallest absolute Gasteiger partial charge is 0.338 e. The summed E-state index contributed by atoms with van der Waals surface area (Å²) < 4.78 is 18.6. The maximum Gasteiger partial charge on any atom is 0.338 e. The van der Waals surface area contributed by atoms with Gasteiger partial charge in [-0.1, -0.05) is 13.8 Å². The van der Waals surface area contributed by atoms with Crippen molar-refractivity contribution >= 4 is 5.97 Å². The van der Waals surface area contributed by atoms with E-state index in [1.807, 2.05) is 13.8 Å². The van der Waals surface area contributed by atoms with Crippen molar-refractivity contribution in [2.75, 3.05) is 0 Å². The van der Waals surface area contributed by atoms with E-state index in [-0.39, 0.29) is 11.4 Å². The standard InChI is InChI=1S/C13H17FO2.C2H6/c1-8-6-10(7-11(14)9(8)2)12(15)16-13(3,4)5;1-2/h6-7H,1-5H3;1-2H3. The van der Waals surface area contributed by atoms with Crippen molar-refractivity contribution in [3.8, 4) is 0 Å². The van der Waals surface area contributed by atoms with E-state index in [0.29, 0.717) is 5.56 Å². The summed E-state index contributed by atoms with van der Waals surface area (Å²) in [5, 5.41) is 0. The molecule has 1 rings (SSSR count). The van der Waals surface area contributed by atoms with E-state index < -0.39 is 11.6 Å². The summed E-state index contributed by atoms with van der Waals surface area (Å²) in [6.45, 7) is 12.8. The lowest BCUT2D eigenvalue weighted by Gasteiger charge is -2.19. The third-order valence-electron chi connectivity index (χ3n) is 2.24. The molecule has 0 unspecified atom stereocenters. The zero-order valence-corrected chi connectivity index (χ0v) is 12.3. The summed E-state index contributed by atoms with van der Waals surface area (Å²) >= 11 is 0. The van der Waals surface area contributed by atoms with Crippen molar-refractivity contribution in [3.63, 3.8) is 0 Å². The van der Waals surface area contributed by atoms with Gasteiger partial charge in [-0.3, -0.25) is 0 Å². The van der Waals surface area contributed by atoms with Crippen LogP contribution in [0.25, 0.3) is 0 Å². The van der Waals surface area contributed by atoms with Crippen LogP contribution in [-0.2, 0) is 4.74 Å². The molecule has 0 spiro atoms. The third-order valence-corrected chi connectivity index (χ3v) is 2.24. The van der Waals surface area contributed by atoms with Gasteiger partial charge in [0.15, 0.2) is 0 Å². The summed E-state index contributed by atoms with van der Waals surface area (Å²) in [7, 11) is 0. The maximum absolute atomic E-state index is 13.4. The van der Waals surface area contributed by atoms with E-state index in [2.05, 4.69) is 0 Å². The van der Waals surface area contributed by atoms with E-state index >= 15 is 0 Å². The molecule has 0 aromatic heterocycles. The zero-order valence-electron chi connectivity index (χ0n) is 12.3. The molecule has 0 aliphatic rings. The van der Waals surface area contributed by atoms with Gasteiger partial charge in [0.05, 0.1) is 5.56 Å². The molecule has 0 amide bonds. The Balaban J connectivity index is 0.00000137. The Morgan fingerprint density at radius 2 is 1.67 bits per heavy atom. The Bertz CT molecular complexity index is 394. The lowest BCUT2D eigenvalue weighted by Crippen LogP contribution is -2.24. The fourth-order valence-electron chi connectivity index (χ4n) is 1.27. The lowest BCUT2D eigenvalue weighted by molar-refractivity contribution is 0.00689. The number of hydrogen-bond acceptors (Lipinski definition) is 2. The molecule has 18 heavy (non-hydrogen) atoms. The first-order valence-electron chi connectivity index (χ1n) is 6.21. The molecule has 1 aromatic rings. The largest absolute Gasteiger partial charge is 0.456 e. The van der Waals surface area contributed by atoms with Crippen molar-refractivity contribution in [2.24, 2.45) is 0 Å². The molecule has 0 N–H and O–H groups in total. The number of carbonyl (C=O) groups excluding carboxylic acids is 1. The second-order valence-electron chi connectivity index (χ2n) is 4.90. The van der Waals surface area contributed by atoms with Gasteiger partial charge in [-0.2, -0.15) is 0 Å². The molecule has 102 valence electrons. The van der Waals surface area contributed by atoms with Gasteiger partial charge in [-0.05, 0) is 57.9 Å². The van der Waals surface area contributed by atoms with Gasteiger partial charge in [0.1, 0.15) is 11.4 Å². The van der Waals surface area contributed by atoms with Crippen molar-refractivity contribution in [1.82, 2.24) is 0 Å². The fourth-order valence-corrected chi connectivity index (χ4v) is 1.27. The molecule has 0 bridgehead atoms. The summed E-state index contributed by atoms with van der Waals surface area (Å²) in [6.07, 6.45) is 0. The van der Waals surface area contributed by atoms with Crippen LogP contribution in [0.15, 0.2) is 12.1 Å². The van der Waals surface area contributed by atoms with Crippen molar-refractivity contribution < 1.29 is 13.9 Å². The predicted octanol–water partition coefficient (Wildman–Crippen LogP) is 4.42. The molecule has 2 nitrogen and oxygen atoms in total. The maximum atomic E-state index is 13.4. The molecule has 0 saturated heterocycles. The quantitative estimate of drug-likeness (QED) is 0.693. The highest BCUT2D eigenvalue weighted by Gasteiger charge is 2.19. The SMILES string of the molecule is CC.Cc1cc(C(=O)OC(C)(C)C)cc(F)c1C. The first-order valence-corrected chi connectivity index (χ1v) is 6.21. The number of hydrogen-bond donors (Lipinski definition) is 0. The van der Waals surface area contributed by atoms with Gasteiger partial charge in [-0.25, -0.2) is 9.18 Å². The van der Waals surface area contributed by atoms with Crippen LogP contribution in [0.4, 0.5) is 4.39 Å². The van der Waals surface area contributed by atoms with Gasteiger partial charge < -0.3 is 4.74 Å². The normalized spacial score (nSPS) is 10.4. The Hall–Kier alpha value is -1.38. The lowest BCUT2D eigenvalue weighted by atomic mass is 10.1. The van der Waals surface area contributed by atoms with Crippen LogP contribution in [0.3, 0.4) is 0 Å². The van der Waals surface area contributed by atoms with Gasteiger partial charge in [0, 0.05) is 0 Å². The highest BCUT2D eigenvalue weighted by molar-refractivity contribution is 5.90. The molecule has 0 fully saturated rings. The Morgan fingerprint density at radius 1 is 1.17 bits per heavy atom. The number of benzene rings is 1. The van der Waals surface area contributed by atoms with Crippen LogP contribution in [-0.4, -0.2) is 11.6 Å². The first kappa shape index (κ1) is 16.6. The van der Waals surface area contributed by atoms with Crippen LogP contribution in [0.2, 0.25) is 0 Å². The minimum atomic E-state index is -0.563. The number of rotatable bonds is 1. The van der Waals surface area contributed by atoms with E-state index in [1.54, 1.807) is 40.7 Å². The van der Waals surface area contributed by atoms with Crippen molar-refractivity contribution in [3.05, 3.63) is 34.6 Å². The van der Waals surface area contributed by atoms with Gasteiger partial charge in [-0.15, -0.1) is 0 Å². The minimum Gasteiger partial charge on any atom is -0.456 e. The molecule has 0 aliphatic heterocycles. The number of ether oxygens (including phenoxy) is 1. The fraction of sp³-hybridized carbons (Fsp3) is 0.533. The summed E-state index contributed by atoms with van der Waals surface area (Å²) in [5.74, 6) is -0.865. The monoisotopic (exact) mass is 254 g/mol. The Morgan fingerprint density at radius 3 is 2.06 bits per heavy atom. The second-order valence-corrected chi connectivity index (χ2v) is 4.90. The molecular formula is C15H23FO2. The van der Waals surface area contributed by atoms with E-state index in [0.717, 1.165) is 5.56 Å². The molecule has 0 aliphatic carbocycles. The van der Waals surface area contributed by atoms with Crippen LogP contribution >= 0.6 is 0 Å². The van der Waals surface area contributed by atoms with Gasteiger partial charge in [0.25, 0.3) is 0 Å². The van der Waals surface area contributed by atoms with Crippen LogP contribution in [0.5, 0.6) is 0 Å². The molecule has 0 radical (unpaired) electrons. The highest BCUT2D eigenvalue weighted by atomic mass is 19.1. The number of halogens is 1.